The van der Waals surface area contributed by atoms with Gasteiger partial charge in [0.2, 0.25) is 0 Å². The molecule has 0 unspecified atom stereocenters. The van der Waals surface area contributed by atoms with Crippen LogP contribution in [0.3, 0.4) is 0 Å². The minimum Gasteiger partial charge on any atom is -0.352 e. The van der Waals surface area contributed by atoms with E-state index in [1.807, 2.05) is 0 Å². The van der Waals surface area contributed by atoms with Gasteiger partial charge in [-0.3, -0.25) is 0 Å². The number of carbonyl (C=O) groups is 1. The summed E-state index contributed by atoms with van der Waals surface area (Å²) in [6, 6.07) is 2.46. The second kappa shape index (κ2) is 4.73. The highest BCUT2D eigenvalue weighted by atomic mass is 35.5. The van der Waals surface area contributed by atoms with Crippen LogP contribution >= 0.6 is 34.8 Å². The van der Waals surface area contributed by atoms with Crippen molar-refractivity contribution in [2.75, 3.05) is 0 Å². The minimum atomic E-state index is -0.632. The van der Waals surface area contributed by atoms with Gasteiger partial charge in [-0.25, -0.2) is 4.79 Å². The first-order chi connectivity index (χ1) is 6.50. The van der Waals surface area contributed by atoms with Crippen LogP contribution in [0.2, 0.25) is 15.1 Å². The van der Waals surface area contributed by atoms with Crippen LogP contribution in [0, 0.1) is 0 Å². The summed E-state index contributed by atoms with van der Waals surface area (Å²) in [6.07, 6.45) is 0. The van der Waals surface area contributed by atoms with Crippen molar-refractivity contribution in [3.63, 3.8) is 0 Å². The predicted molar refractivity (Wildman–Crippen MR) is 57.9 cm³/mol. The molecular weight excluding hydrogens is 246 g/mol. The molecule has 0 heterocycles. The summed E-state index contributed by atoms with van der Waals surface area (Å²) in [4.78, 5) is 10.5. The standard InChI is InChI=1S/C8H7Cl3N2O/c9-4-1-6(10)5(7(11)2-4)3-13-8(12)14/h1-2H,3H2,(H3,12,13,14). The molecule has 0 fully saturated rings. The van der Waals surface area contributed by atoms with E-state index >= 15 is 0 Å². The molecule has 0 atom stereocenters. The van der Waals surface area contributed by atoms with Gasteiger partial charge in [0.25, 0.3) is 0 Å². The molecule has 14 heavy (non-hydrogen) atoms. The fraction of sp³-hybridized carbons (Fsp3) is 0.125. The van der Waals surface area contributed by atoms with Gasteiger partial charge >= 0.3 is 6.03 Å². The molecule has 0 saturated heterocycles. The number of rotatable bonds is 2. The lowest BCUT2D eigenvalue weighted by atomic mass is 10.2. The van der Waals surface area contributed by atoms with Gasteiger partial charge < -0.3 is 11.1 Å². The second-order valence-electron chi connectivity index (χ2n) is 2.57. The van der Waals surface area contributed by atoms with E-state index < -0.39 is 6.03 Å². The summed E-state index contributed by atoms with van der Waals surface area (Å²) in [5.41, 5.74) is 5.50. The number of nitrogens with one attached hydrogen (secondary N) is 1. The van der Waals surface area contributed by atoms with Crippen molar-refractivity contribution in [2.24, 2.45) is 5.73 Å². The summed E-state index contributed by atoms with van der Waals surface area (Å²) in [7, 11) is 0. The van der Waals surface area contributed by atoms with Crippen molar-refractivity contribution >= 4 is 40.8 Å². The van der Waals surface area contributed by atoms with E-state index in [9.17, 15) is 4.79 Å². The van der Waals surface area contributed by atoms with Gasteiger partial charge in [0, 0.05) is 27.2 Å². The molecular formula is C8H7Cl3N2O. The number of nitrogens with two attached hydrogens (primary N) is 1. The van der Waals surface area contributed by atoms with Gasteiger partial charge in [-0.2, -0.15) is 0 Å². The SMILES string of the molecule is NC(=O)NCc1c(Cl)cc(Cl)cc1Cl. The summed E-state index contributed by atoms with van der Waals surface area (Å²) in [5.74, 6) is 0. The summed E-state index contributed by atoms with van der Waals surface area (Å²) < 4.78 is 0. The molecule has 2 amide bonds. The van der Waals surface area contributed by atoms with Crippen molar-refractivity contribution in [1.82, 2.24) is 5.32 Å². The largest absolute Gasteiger partial charge is 0.352 e. The number of halogens is 3. The Balaban J connectivity index is 2.91. The smallest absolute Gasteiger partial charge is 0.312 e. The molecule has 0 aliphatic carbocycles. The zero-order chi connectivity index (χ0) is 10.7. The van der Waals surface area contributed by atoms with Crippen LogP contribution in [-0.4, -0.2) is 6.03 Å². The first-order valence-corrected chi connectivity index (χ1v) is 4.81. The van der Waals surface area contributed by atoms with Crippen LogP contribution in [0.1, 0.15) is 5.56 Å². The normalized spacial score (nSPS) is 9.93. The molecule has 1 aromatic carbocycles. The summed E-state index contributed by atoms with van der Waals surface area (Å²) in [6.45, 7) is 0.185. The zero-order valence-electron chi connectivity index (χ0n) is 6.98. The Labute approximate surface area is 96.1 Å². The maximum absolute atomic E-state index is 10.5. The molecule has 0 saturated carbocycles. The van der Waals surface area contributed by atoms with Crippen molar-refractivity contribution in [1.29, 1.82) is 0 Å². The van der Waals surface area contributed by atoms with Gasteiger partial charge in [-0.15, -0.1) is 0 Å². The zero-order valence-corrected chi connectivity index (χ0v) is 9.25. The molecule has 0 aliphatic heterocycles. The highest BCUT2D eigenvalue weighted by Gasteiger charge is 2.07. The molecule has 1 aromatic rings. The quantitative estimate of drug-likeness (QED) is 0.836. The second-order valence-corrected chi connectivity index (χ2v) is 3.82. The number of hydrogen-bond donors (Lipinski definition) is 2. The lowest BCUT2D eigenvalue weighted by Crippen LogP contribution is -2.28. The number of amides is 2. The number of hydrogen-bond acceptors (Lipinski definition) is 1. The van der Waals surface area contributed by atoms with E-state index in [1.54, 1.807) is 12.1 Å². The lowest BCUT2D eigenvalue weighted by Gasteiger charge is -2.07. The third kappa shape index (κ3) is 2.94. The maximum atomic E-state index is 10.5. The molecule has 0 aliphatic rings. The van der Waals surface area contributed by atoms with Crippen molar-refractivity contribution in [2.45, 2.75) is 6.54 Å². The van der Waals surface area contributed by atoms with E-state index in [0.29, 0.717) is 20.6 Å². The Bertz CT molecular complexity index is 345. The molecule has 6 heteroatoms. The Morgan fingerprint density at radius 1 is 1.29 bits per heavy atom. The Kier molecular flexibility index (Phi) is 3.86. The molecule has 3 N–H and O–H groups in total. The Morgan fingerprint density at radius 3 is 2.21 bits per heavy atom. The number of urea groups is 1. The Hall–Kier alpha value is -0.640. The first-order valence-electron chi connectivity index (χ1n) is 3.67. The lowest BCUT2D eigenvalue weighted by molar-refractivity contribution is 0.248. The van der Waals surface area contributed by atoms with Gasteiger partial charge in [0.15, 0.2) is 0 Å². The van der Waals surface area contributed by atoms with Gasteiger partial charge in [0.1, 0.15) is 0 Å². The van der Waals surface area contributed by atoms with E-state index in [0.717, 1.165) is 0 Å². The van der Waals surface area contributed by atoms with Gasteiger partial charge in [-0.1, -0.05) is 34.8 Å². The topological polar surface area (TPSA) is 55.1 Å². The van der Waals surface area contributed by atoms with E-state index in [2.05, 4.69) is 5.32 Å². The molecule has 1 rings (SSSR count). The van der Waals surface area contributed by atoms with Crippen LogP contribution in [0.4, 0.5) is 4.79 Å². The third-order valence-corrected chi connectivity index (χ3v) is 2.44. The molecule has 0 radical (unpaired) electrons. The summed E-state index contributed by atoms with van der Waals surface area (Å²) in [5, 5.41) is 3.64. The average Bonchev–Trinajstić information content (AvgIpc) is 2.01. The number of benzene rings is 1. The van der Waals surface area contributed by atoms with Crippen LogP contribution in [0.5, 0.6) is 0 Å². The number of primary amides is 1. The van der Waals surface area contributed by atoms with E-state index in [1.165, 1.54) is 0 Å². The average molecular weight is 254 g/mol. The first kappa shape index (κ1) is 11.4. The van der Waals surface area contributed by atoms with Crippen molar-refractivity contribution in [3.8, 4) is 0 Å². The van der Waals surface area contributed by atoms with Crippen LogP contribution < -0.4 is 11.1 Å². The van der Waals surface area contributed by atoms with Gasteiger partial charge in [0.05, 0.1) is 0 Å². The van der Waals surface area contributed by atoms with Crippen LogP contribution in [0.15, 0.2) is 12.1 Å². The molecule has 0 spiro atoms. The monoisotopic (exact) mass is 252 g/mol. The van der Waals surface area contributed by atoms with Crippen molar-refractivity contribution in [3.05, 3.63) is 32.8 Å². The minimum absolute atomic E-state index is 0.185. The molecule has 3 nitrogen and oxygen atoms in total. The highest BCUT2D eigenvalue weighted by Crippen LogP contribution is 2.28. The van der Waals surface area contributed by atoms with Crippen LogP contribution in [0.25, 0.3) is 0 Å². The predicted octanol–water partition coefficient (Wildman–Crippen LogP) is 2.82. The summed E-state index contributed by atoms with van der Waals surface area (Å²) >= 11 is 17.4. The fourth-order valence-corrected chi connectivity index (χ4v) is 1.87. The molecule has 76 valence electrons. The Morgan fingerprint density at radius 2 is 1.79 bits per heavy atom. The fourth-order valence-electron chi connectivity index (χ4n) is 0.916. The molecule has 0 aromatic heterocycles. The van der Waals surface area contributed by atoms with E-state index in [4.69, 9.17) is 40.5 Å². The maximum Gasteiger partial charge on any atom is 0.312 e. The molecule has 0 bridgehead atoms. The van der Waals surface area contributed by atoms with Gasteiger partial charge in [-0.05, 0) is 12.1 Å². The highest BCUT2D eigenvalue weighted by molar-refractivity contribution is 6.39. The number of carbonyl (C=O) groups excluding carboxylic acids is 1. The van der Waals surface area contributed by atoms with Crippen molar-refractivity contribution < 1.29 is 4.79 Å². The van der Waals surface area contributed by atoms with E-state index in [-0.39, 0.29) is 6.54 Å². The third-order valence-electron chi connectivity index (χ3n) is 1.55. The van der Waals surface area contributed by atoms with Crippen LogP contribution in [-0.2, 0) is 6.54 Å².